The maximum Gasteiger partial charge on any atom is 0.119 e. The second kappa shape index (κ2) is 6.17. The van der Waals surface area contributed by atoms with E-state index in [4.69, 9.17) is 4.74 Å². The van der Waals surface area contributed by atoms with Gasteiger partial charge in [-0.15, -0.1) is 0 Å². The Morgan fingerprint density at radius 2 is 1.75 bits per heavy atom. The predicted molar refractivity (Wildman–Crippen MR) is 85.4 cm³/mol. The van der Waals surface area contributed by atoms with Crippen LogP contribution in [0.25, 0.3) is 0 Å². The summed E-state index contributed by atoms with van der Waals surface area (Å²) in [5.74, 6) is 2.19. The highest BCUT2D eigenvalue weighted by molar-refractivity contribution is 5.30. The zero-order valence-corrected chi connectivity index (χ0v) is 13.6. The summed E-state index contributed by atoms with van der Waals surface area (Å²) in [6.45, 7) is 12.3. The highest BCUT2D eigenvalue weighted by atomic mass is 16.5. The molecule has 0 amide bonds. The Bertz CT molecular complexity index is 414. The van der Waals surface area contributed by atoms with E-state index < -0.39 is 0 Å². The fourth-order valence-corrected chi connectivity index (χ4v) is 2.20. The summed E-state index contributed by atoms with van der Waals surface area (Å²) in [6, 6.07) is 8.67. The Labute approximate surface area is 123 Å². The monoisotopic (exact) mass is 275 g/mol. The van der Waals surface area contributed by atoms with Crippen LogP contribution in [0.3, 0.4) is 0 Å². The normalized spacial score (nSPS) is 18.6. The minimum absolute atomic E-state index is 0.190. The molecule has 1 aliphatic rings. The van der Waals surface area contributed by atoms with Gasteiger partial charge in [-0.25, -0.2) is 0 Å². The van der Waals surface area contributed by atoms with Crippen molar-refractivity contribution >= 4 is 0 Å². The van der Waals surface area contributed by atoms with Crippen molar-refractivity contribution in [3.63, 3.8) is 0 Å². The van der Waals surface area contributed by atoms with Crippen LogP contribution in [0.2, 0.25) is 0 Å². The molecule has 2 nitrogen and oxygen atoms in total. The van der Waals surface area contributed by atoms with Crippen molar-refractivity contribution in [1.29, 1.82) is 0 Å². The molecule has 1 aromatic rings. The van der Waals surface area contributed by atoms with Crippen LogP contribution in [-0.4, -0.2) is 18.2 Å². The lowest BCUT2D eigenvalue weighted by molar-refractivity contribution is 0.303. The second-order valence-electron chi connectivity index (χ2n) is 7.28. The Balaban J connectivity index is 1.88. The average Bonchev–Trinajstić information content (AvgIpc) is 3.19. The van der Waals surface area contributed by atoms with Gasteiger partial charge >= 0.3 is 0 Å². The molecule has 2 atom stereocenters. The third-order valence-corrected chi connectivity index (χ3v) is 4.04. The molecule has 0 saturated heterocycles. The summed E-state index contributed by atoms with van der Waals surface area (Å²) in [6.07, 6.45) is 2.91. The fourth-order valence-electron chi connectivity index (χ4n) is 2.20. The molecule has 0 heterocycles. The lowest BCUT2D eigenvalue weighted by atomic mass is 9.88. The summed E-state index contributed by atoms with van der Waals surface area (Å²) in [7, 11) is 0. The van der Waals surface area contributed by atoms with E-state index in [9.17, 15) is 0 Å². The van der Waals surface area contributed by atoms with E-state index in [1.165, 1.54) is 18.4 Å². The number of hydrogen-bond acceptors (Lipinski definition) is 2. The van der Waals surface area contributed by atoms with E-state index in [1.54, 1.807) is 0 Å². The van der Waals surface area contributed by atoms with Gasteiger partial charge in [-0.05, 0) is 69.7 Å². The van der Waals surface area contributed by atoms with Crippen LogP contribution in [0.1, 0.15) is 58.9 Å². The highest BCUT2D eigenvalue weighted by Gasteiger charge is 2.23. The van der Waals surface area contributed by atoms with Crippen LogP contribution >= 0.6 is 0 Å². The first kappa shape index (κ1) is 15.4. The molecule has 0 spiro atoms. The van der Waals surface area contributed by atoms with Gasteiger partial charge in [0, 0.05) is 5.54 Å². The fraction of sp³-hybridized carbons (Fsp3) is 0.667. The summed E-state index contributed by atoms with van der Waals surface area (Å²) < 4.78 is 5.80. The third-order valence-electron chi connectivity index (χ3n) is 4.04. The molecule has 0 aromatic heterocycles. The summed E-state index contributed by atoms with van der Waals surface area (Å²) >= 11 is 0. The molecule has 112 valence electrons. The van der Waals surface area contributed by atoms with Crippen molar-refractivity contribution in [3.8, 4) is 5.75 Å². The smallest absolute Gasteiger partial charge is 0.119 e. The molecule has 2 heteroatoms. The van der Waals surface area contributed by atoms with Crippen molar-refractivity contribution in [1.82, 2.24) is 5.32 Å². The van der Waals surface area contributed by atoms with Gasteiger partial charge in [0.25, 0.3) is 0 Å². The Kier molecular flexibility index (Phi) is 4.74. The second-order valence-corrected chi connectivity index (χ2v) is 7.28. The van der Waals surface area contributed by atoms with Gasteiger partial charge in [0.1, 0.15) is 5.75 Å². The van der Waals surface area contributed by atoms with Crippen LogP contribution in [0.15, 0.2) is 24.3 Å². The highest BCUT2D eigenvalue weighted by Crippen LogP contribution is 2.29. The lowest BCUT2D eigenvalue weighted by Gasteiger charge is -2.27. The van der Waals surface area contributed by atoms with Crippen molar-refractivity contribution in [2.75, 3.05) is 6.54 Å². The van der Waals surface area contributed by atoms with Crippen LogP contribution < -0.4 is 10.1 Å². The van der Waals surface area contributed by atoms with Crippen molar-refractivity contribution in [2.45, 2.75) is 65.0 Å². The third kappa shape index (κ3) is 4.82. The number of rotatable bonds is 6. The van der Waals surface area contributed by atoms with Gasteiger partial charge in [-0.1, -0.05) is 26.0 Å². The molecule has 0 aliphatic heterocycles. The van der Waals surface area contributed by atoms with E-state index in [0.29, 0.717) is 17.9 Å². The van der Waals surface area contributed by atoms with Crippen LogP contribution in [-0.2, 0) is 0 Å². The maximum absolute atomic E-state index is 5.80. The molecule has 0 radical (unpaired) electrons. The average molecular weight is 275 g/mol. The molecule has 0 bridgehead atoms. The number of ether oxygens (including phenoxy) is 1. The van der Waals surface area contributed by atoms with Crippen LogP contribution in [0.5, 0.6) is 5.75 Å². The molecular weight excluding hydrogens is 246 g/mol. The Morgan fingerprint density at radius 1 is 1.15 bits per heavy atom. The summed E-state index contributed by atoms with van der Waals surface area (Å²) in [5.41, 5.74) is 1.59. The van der Waals surface area contributed by atoms with Gasteiger partial charge in [0.05, 0.1) is 6.10 Å². The quantitative estimate of drug-likeness (QED) is 0.833. The maximum atomic E-state index is 5.80. The topological polar surface area (TPSA) is 21.3 Å². The first-order valence-corrected chi connectivity index (χ1v) is 7.87. The number of hydrogen-bond donors (Lipinski definition) is 1. The molecule has 2 rings (SSSR count). The number of benzene rings is 1. The van der Waals surface area contributed by atoms with Gasteiger partial charge in [-0.3, -0.25) is 0 Å². The summed E-state index contributed by atoms with van der Waals surface area (Å²) in [4.78, 5) is 0. The standard InChI is InChI=1S/C18H29NO/c1-13(12-19-18(3,4)5)14(2)15-6-8-16(9-7-15)20-17-10-11-17/h6-9,13-14,17,19H,10-12H2,1-5H3. The molecule has 1 saturated carbocycles. The molecule has 1 N–H and O–H groups in total. The van der Waals surface area contributed by atoms with E-state index in [0.717, 1.165) is 12.3 Å². The van der Waals surface area contributed by atoms with Crippen LogP contribution in [0.4, 0.5) is 0 Å². The van der Waals surface area contributed by atoms with Crippen molar-refractivity contribution in [2.24, 2.45) is 5.92 Å². The van der Waals surface area contributed by atoms with Gasteiger partial charge in [0.15, 0.2) is 0 Å². The zero-order chi connectivity index (χ0) is 14.8. The van der Waals surface area contributed by atoms with Crippen molar-refractivity contribution < 1.29 is 4.74 Å². The minimum atomic E-state index is 0.190. The zero-order valence-electron chi connectivity index (χ0n) is 13.6. The number of nitrogens with one attached hydrogen (secondary N) is 1. The molecule has 2 unspecified atom stereocenters. The largest absolute Gasteiger partial charge is 0.490 e. The molecule has 20 heavy (non-hydrogen) atoms. The van der Waals surface area contributed by atoms with Crippen molar-refractivity contribution in [3.05, 3.63) is 29.8 Å². The van der Waals surface area contributed by atoms with Gasteiger partial charge < -0.3 is 10.1 Å². The van der Waals surface area contributed by atoms with E-state index in [1.807, 2.05) is 0 Å². The van der Waals surface area contributed by atoms with Crippen LogP contribution in [0, 0.1) is 5.92 Å². The van der Waals surface area contributed by atoms with Gasteiger partial charge in [-0.2, -0.15) is 0 Å². The van der Waals surface area contributed by atoms with E-state index >= 15 is 0 Å². The molecule has 1 aliphatic carbocycles. The minimum Gasteiger partial charge on any atom is -0.490 e. The van der Waals surface area contributed by atoms with E-state index in [2.05, 4.69) is 64.2 Å². The van der Waals surface area contributed by atoms with Gasteiger partial charge in [0.2, 0.25) is 0 Å². The first-order chi connectivity index (χ1) is 9.35. The molecule has 1 fully saturated rings. The summed E-state index contributed by atoms with van der Waals surface area (Å²) in [5, 5.41) is 3.59. The lowest BCUT2D eigenvalue weighted by Crippen LogP contribution is -2.39. The molecular formula is C18H29NO. The first-order valence-electron chi connectivity index (χ1n) is 7.87. The van der Waals surface area contributed by atoms with E-state index in [-0.39, 0.29) is 5.54 Å². The predicted octanol–water partition coefficient (Wildman–Crippen LogP) is 4.36. The molecule has 1 aromatic carbocycles. The Morgan fingerprint density at radius 3 is 2.25 bits per heavy atom. The Hall–Kier alpha value is -1.02. The SMILES string of the molecule is CC(CNC(C)(C)C)C(C)c1ccc(OC2CC2)cc1.